The summed E-state index contributed by atoms with van der Waals surface area (Å²) in [6.07, 6.45) is 1.45. The summed E-state index contributed by atoms with van der Waals surface area (Å²) in [5.74, 6) is 0.613. The van der Waals surface area contributed by atoms with E-state index in [1.807, 2.05) is 35.7 Å². The Morgan fingerprint density at radius 3 is 2.92 bits per heavy atom. The molecular formula is C16H12BrN3O2S2. The number of nitrogens with zero attached hydrogens (tertiary/aromatic N) is 2. The first-order chi connectivity index (χ1) is 11.7. The molecule has 2 heterocycles. The molecule has 0 aliphatic carbocycles. The Bertz CT molecular complexity index is 846. The van der Waals surface area contributed by atoms with E-state index in [-0.39, 0.29) is 11.7 Å². The van der Waals surface area contributed by atoms with Crippen LogP contribution < -0.4 is 5.43 Å². The Morgan fingerprint density at radius 1 is 1.33 bits per heavy atom. The highest BCUT2D eigenvalue weighted by molar-refractivity contribution is 9.10. The number of furan rings is 1. The van der Waals surface area contributed by atoms with Crippen molar-refractivity contribution >= 4 is 51.2 Å². The van der Waals surface area contributed by atoms with Crippen LogP contribution in [-0.2, 0) is 4.79 Å². The molecule has 0 spiro atoms. The zero-order valence-electron chi connectivity index (χ0n) is 12.3. The summed E-state index contributed by atoms with van der Waals surface area (Å²) in [5.41, 5.74) is 4.45. The number of carbonyl (C=O) groups excluding carboxylic acids is 1. The van der Waals surface area contributed by atoms with E-state index < -0.39 is 0 Å². The van der Waals surface area contributed by atoms with Crippen molar-refractivity contribution in [2.24, 2.45) is 5.10 Å². The van der Waals surface area contributed by atoms with Crippen LogP contribution in [0.25, 0.3) is 11.3 Å². The Balaban J connectivity index is 1.48. The first kappa shape index (κ1) is 16.9. The molecule has 5 nitrogen and oxygen atoms in total. The average Bonchev–Trinajstić information content (AvgIpc) is 3.23. The molecule has 1 amide bonds. The van der Waals surface area contributed by atoms with Crippen LogP contribution in [0.1, 0.15) is 5.76 Å². The number of nitrogens with one attached hydrogen (secondary N) is 1. The molecule has 0 aliphatic rings. The van der Waals surface area contributed by atoms with Gasteiger partial charge in [0.1, 0.15) is 5.76 Å². The number of amides is 1. The van der Waals surface area contributed by atoms with E-state index >= 15 is 0 Å². The van der Waals surface area contributed by atoms with Crippen LogP contribution >= 0.6 is 39.0 Å². The molecule has 0 aliphatic heterocycles. The SMILES string of the molecule is O=C(CSc1nc(-c2ccccc2)cs1)N/N=C/c1ccc(Br)o1. The van der Waals surface area contributed by atoms with Gasteiger partial charge in [-0.3, -0.25) is 4.79 Å². The predicted octanol–water partition coefficient (Wildman–Crippen LogP) is 4.41. The quantitative estimate of drug-likeness (QED) is 0.363. The fourth-order valence-corrected chi connectivity index (χ4v) is 3.74. The number of thiazole rings is 1. The normalized spacial score (nSPS) is 11.0. The molecule has 0 saturated carbocycles. The number of halogens is 1. The lowest BCUT2D eigenvalue weighted by Crippen LogP contribution is -2.19. The minimum absolute atomic E-state index is 0.196. The summed E-state index contributed by atoms with van der Waals surface area (Å²) in [5, 5.41) is 5.84. The molecule has 1 N–H and O–H groups in total. The predicted molar refractivity (Wildman–Crippen MR) is 100 cm³/mol. The molecule has 0 saturated heterocycles. The van der Waals surface area contributed by atoms with Crippen molar-refractivity contribution in [3.8, 4) is 11.3 Å². The topological polar surface area (TPSA) is 67.5 Å². The Labute approximate surface area is 155 Å². The van der Waals surface area contributed by atoms with Gasteiger partial charge in [0.15, 0.2) is 9.01 Å². The molecule has 3 rings (SSSR count). The van der Waals surface area contributed by atoms with Crippen molar-refractivity contribution in [1.29, 1.82) is 0 Å². The maximum Gasteiger partial charge on any atom is 0.250 e. The molecule has 0 atom stereocenters. The lowest BCUT2D eigenvalue weighted by molar-refractivity contribution is -0.118. The number of carbonyl (C=O) groups is 1. The summed E-state index contributed by atoms with van der Waals surface area (Å²) in [7, 11) is 0. The highest BCUT2D eigenvalue weighted by atomic mass is 79.9. The largest absolute Gasteiger partial charge is 0.448 e. The van der Waals surface area contributed by atoms with Crippen LogP contribution in [0.2, 0.25) is 0 Å². The van der Waals surface area contributed by atoms with Gasteiger partial charge in [-0.15, -0.1) is 11.3 Å². The number of hydrogen-bond acceptors (Lipinski definition) is 6. The zero-order chi connectivity index (χ0) is 16.8. The Hall–Kier alpha value is -1.90. The summed E-state index contributed by atoms with van der Waals surface area (Å²) >= 11 is 6.11. The van der Waals surface area contributed by atoms with E-state index in [2.05, 4.69) is 31.4 Å². The van der Waals surface area contributed by atoms with Crippen LogP contribution in [0.15, 0.2) is 66.4 Å². The van der Waals surface area contributed by atoms with Crippen LogP contribution in [0, 0.1) is 0 Å². The molecule has 122 valence electrons. The smallest absolute Gasteiger partial charge is 0.250 e. The van der Waals surface area contributed by atoms with Gasteiger partial charge in [0.2, 0.25) is 0 Å². The van der Waals surface area contributed by atoms with Gasteiger partial charge in [0.05, 0.1) is 17.7 Å². The highest BCUT2D eigenvalue weighted by Gasteiger charge is 2.07. The standard InChI is InChI=1S/C16H12BrN3O2S2/c17-14-7-6-12(22-14)8-18-20-15(21)10-24-16-19-13(9-23-16)11-4-2-1-3-5-11/h1-9H,10H2,(H,20,21)/b18-8+. The molecular weight excluding hydrogens is 410 g/mol. The van der Waals surface area contributed by atoms with E-state index in [0.717, 1.165) is 15.6 Å². The van der Waals surface area contributed by atoms with Gasteiger partial charge in [-0.2, -0.15) is 5.10 Å². The van der Waals surface area contributed by atoms with Crippen molar-refractivity contribution in [3.63, 3.8) is 0 Å². The minimum Gasteiger partial charge on any atom is -0.448 e. The van der Waals surface area contributed by atoms with Gasteiger partial charge < -0.3 is 4.42 Å². The lowest BCUT2D eigenvalue weighted by Gasteiger charge is -1.97. The van der Waals surface area contributed by atoms with E-state index in [1.165, 1.54) is 29.3 Å². The maximum atomic E-state index is 11.8. The highest BCUT2D eigenvalue weighted by Crippen LogP contribution is 2.27. The average molecular weight is 422 g/mol. The molecule has 3 aromatic rings. The van der Waals surface area contributed by atoms with E-state index in [0.29, 0.717) is 10.4 Å². The molecule has 0 bridgehead atoms. The number of hydrazone groups is 1. The molecule has 24 heavy (non-hydrogen) atoms. The number of rotatable bonds is 6. The van der Waals surface area contributed by atoms with Crippen molar-refractivity contribution in [1.82, 2.24) is 10.4 Å². The van der Waals surface area contributed by atoms with E-state index in [1.54, 1.807) is 12.1 Å². The first-order valence-electron chi connectivity index (χ1n) is 6.92. The third kappa shape index (κ3) is 4.80. The Kier molecular flexibility index (Phi) is 5.84. The van der Waals surface area contributed by atoms with Crippen LogP contribution in [-0.4, -0.2) is 22.9 Å². The number of hydrogen-bond donors (Lipinski definition) is 1. The molecule has 2 aromatic heterocycles. The molecule has 8 heteroatoms. The second-order valence-corrected chi connectivity index (χ2v) is 7.45. The van der Waals surface area contributed by atoms with Crippen molar-refractivity contribution < 1.29 is 9.21 Å². The van der Waals surface area contributed by atoms with Crippen LogP contribution in [0.4, 0.5) is 0 Å². The first-order valence-corrected chi connectivity index (χ1v) is 9.57. The maximum absolute atomic E-state index is 11.8. The molecule has 1 aromatic carbocycles. The van der Waals surface area contributed by atoms with Gasteiger partial charge in [-0.25, -0.2) is 10.4 Å². The summed E-state index contributed by atoms with van der Waals surface area (Å²) in [6.45, 7) is 0. The van der Waals surface area contributed by atoms with E-state index in [9.17, 15) is 4.79 Å². The van der Waals surface area contributed by atoms with Gasteiger partial charge in [-0.05, 0) is 28.1 Å². The molecule has 0 fully saturated rings. The van der Waals surface area contributed by atoms with Crippen LogP contribution in [0.3, 0.4) is 0 Å². The van der Waals surface area contributed by atoms with Crippen LogP contribution in [0.5, 0.6) is 0 Å². The molecule has 0 radical (unpaired) electrons. The minimum atomic E-state index is -0.196. The van der Waals surface area contributed by atoms with Gasteiger partial charge in [0.25, 0.3) is 5.91 Å². The van der Waals surface area contributed by atoms with Gasteiger partial charge >= 0.3 is 0 Å². The van der Waals surface area contributed by atoms with E-state index in [4.69, 9.17) is 4.42 Å². The van der Waals surface area contributed by atoms with Crippen molar-refractivity contribution in [3.05, 3.63) is 58.3 Å². The third-order valence-electron chi connectivity index (χ3n) is 2.85. The fourth-order valence-electron chi connectivity index (χ4n) is 1.79. The number of aromatic nitrogens is 1. The third-order valence-corrected chi connectivity index (χ3v) is 5.30. The Morgan fingerprint density at radius 2 is 2.17 bits per heavy atom. The molecule has 0 unspecified atom stereocenters. The second kappa shape index (κ2) is 8.27. The second-order valence-electron chi connectivity index (χ2n) is 4.59. The van der Waals surface area contributed by atoms with Gasteiger partial charge in [-0.1, -0.05) is 42.1 Å². The number of benzene rings is 1. The van der Waals surface area contributed by atoms with Gasteiger partial charge in [0, 0.05) is 10.9 Å². The summed E-state index contributed by atoms with van der Waals surface area (Å²) < 4.78 is 6.71. The van der Waals surface area contributed by atoms with Crippen molar-refractivity contribution in [2.45, 2.75) is 4.34 Å². The van der Waals surface area contributed by atoms with Crippen molar-refractivity contribution in [2.75, 3.05) is 5.75 Å². The lowest BCUT2D eigenvalue weighted by atomic mass is 10.2. The monoisotopic (exact) mass is 421 g/mol. The fraction of sp³-hybridized carbons (Fsp3) is 0.0625. The number of thioether (sulfide) groups is 1. The zero-order valence-corrected chi connectivity index (χ0v) is 15.5. The summed E-state index contributed by atoms with van der Waals surface area (Å²) in [4.78, 5) is 16.3. The summed E-state index contributed by atoms with van der Waals surface area (Å²) in [6, 6.07) is 13.4.